The number of rotatable bonds is 4. The molecule has 156 valence electrons. The van der Waals surface area contributed by atoms with Crippen LogP contribution in [0.3, 0.4) is 0 Å². The number of hydrogen-bond acceptors (Lipinski definition) is 1. The number of aromatic nitrogens is 1. The molecule has 1 heterocycles. The van der Waals surface area contributed by atoms with Gasteiger partial charge in [0.15, 0.2) is 0 Å². The van der Waals surface area contributed by atoms with Gasteiger partial charge in [0.2, 0.25) is 0 Å². The second-order valence-electron chi connectivity index (χ2n) is 9.42. The Hall–Kier alpha value is -3.49. The fourth-order valence-corrected chi connectivity index (χ4v) is 5.32. The summed E-state index contributed by atoms with van der Waals surface area (Å²) < 4.78 is 0. The van der Waals surface area contributed by atoms with Gasteiger partial charge < -0.3 is 0 Å². The highest BCUT2D eigenvalue weighted by Gasteiger charge is 2.15. The van der Waals surface area contributed by atoms with Crippen LogP contribution in [0.15, 0.2) is 109 Å². The van der Waals surface area contributed by atoms with E-state index in [1.165, 1.54) is 43.8 Å². The SMILES string of the molecule is C[Si](C)(C)c1ccc(-c2ccc3ccc(-c4ccc(-c5cccnc5)cc4)cc3c2)cc1. The summed E-state index contributed by atoms with van der Waals surface area (Å²) in [6.07, 6.45) is 3.71. The van der Waals surface area contributed by atoms with Crippen LogP contribution in [0.4, 0.5) is 0 Å². The summed E-state index contributed by atoms with van der Waals surface area (Å²) in [6, 6.07) is 35.5. The summed E-state index contributed by atoms with van der Waals surface area (Å²) in [5.74, 6) is 0. The zero-order valence-electron chi connectivity index (χ0n) is 18.8. The average Bonchev–Trinajstić information content (AvgIpc) is 2.83. The molecular weight excluding hydrogens is 402 g/mol. The van der Waals surface area contributed by atoms with Gasteiger partial charge in [-0.15, -0.1) is 0 Å². The number of nitrogens with zero attached hydrogens (tertiary/aromatic N) is 1. The van der Waals surface area contributed by atoms with Crippen molar-refractivity contribution in [2.45, 2.75) is 19.6 Å². The van der Waals surface area contributed by atoms with Crippen LogP contribution in [0.5, 0.6) is 0 Å². The molecule has 2 heteroatoms. The highest BCUT2D eigenvalue weighted by molar-refractivity contribution is 6.88. The van der Waals surface area contributed by atoms with E-state index in [-0.39, 0.29) is 0 Å². The lowest BCUT2D eigenvalue weighted by Gasteiger charge is -2.17. The first-order chi connectivity index (χ1) is 15.5. The van der Waals surface area contributed by atoms with E-state index in [4.69, 9.17) is 0 Å². The topological polar surface area (TPSA) is 12.9 Å². The van der Waals surface area contributed by atoms with Gasteiger partial charge in [-0.3, -0.25) is 4.98 Å². The molecule has 0 N–H and O–H groups in total. The molecule has 0 fully saturated rings. The first-order valence-corrected chi connectivity index (χ1v) is 14.6. The molecule has 0 radical (unpaired) electrons. The lowest BCUT2D eigenvalue weighted by Crippen LogP contribution is -2.37. The second kappa shape index (κ2) is 8.21. The standard InChI is InChI=1S/C30H27NSi/c1-32(2,3)30-16-14-23(15-17-30)27-13-11-25-10-12-26(19-29(25)20-27)22-6-8-24(9-7-22)28-5-4-18-31-21-28/h4-21H,1-3H3. The van der Waals surface area contributed by atoms with Crippen LogP contribution in [0.1, 0.15) is 0 Å². The molecule has 0 unspecified atom stereocenters. The highest BCUT2D eigenvalue weighted by Crippen LogP contribution is 2.30. The molecule has 0 amide bonds. The molecule has 0 aliphatic carbocycles. The Kier molecular flexibility index (Phi) is 5.24. The Morgan fingerprint density at radius 2 is 1.00 bits per heavy atom. The van der Waals surface area contributed by atoms with E-state index in [0.29, 0.717) is 0 Å². The van der Waals surface area contributed by atoms with Gasteiger partial charge in [0.05, 0.1) is 8.07 Å². The summed E-state index contributed by atoms with van der Waals surface area (Å²) in [7, 11) is -1.28. The van der Waals surface area contributed by atoms with E-state index in [2.05, 4.69) is 116 Å². The Morgan fingerprint density at radius 1 is 0.500 bits per heavy atom. The van der Waals surface area contributed by atoms with Crippen LogP contribution in [-0.2, 0) is 0 Å². The normalized spacial score (nSPS) is 11.6. The maximum Gasteiger partial charge on any atom is 0.0775 e. The van der Waals surface area contributed by atoms with Crippen molar-refractivity contribution in [1.29, 1.82) is 0 Å². The third-order valence-electron chi connectivity index (χ3n) is 6.14. The summed E-state index contributed by atoms with van der Waals surface area (Å²) in [4.78, 5) is 4.23. The molecule has 0 aliphatic rings. The molecule has 0 saturated heterocycles. The van der Waals surface area contributed by atoms with Crippen LogP contribution < -0.4 is 5.19 Å². The number of benzene rings is 4. The minimum atomic E-state index is -1.28. The van der Waals surface area contributed by atoms with Crippen molar-refractivity contribution < 1.29 is 0 Å². The molecule has 0 bridgehead atoms. The van der Waals surface area contributed by atoms with E-state index >= 15 is 0 Å². The van der Waals surface area contributed by atoms with Gasteiger partial charge in [-0.2, -0.15) is 0 Å². The third-order valence-corrected chi connectivity index (χ3v) is 8.20. The van der Waals surface area contributed by atoms with Crippen molar-refractivity contribution in [3.05, 3.63) is 109 Å². The first-order valence-electron chi connectivity index (χ1n) is 11.1. The zero-order chi connectivity index (χ0) is 22.1. The Morgan fingerprint density at radius 3 is 1.50 bits per heavy atom. The molecule has 0 saturated carbocycles. The van der Waals surface area contributed by atoms with E-state index in [0.717, 1.165) is 5.56 Å². The Bertz CT molecular complexity index is 1360. The maximum atomic E-state index is 4.23. The van der Waals surface area contributed by atoms with Gasteiger partial charge in [0, 0.05) is 12.4 Å². The summed E-state index contributed by atoms with van der Waals surface area (Å²) >= 11 is 0. The summed E-state index contributed by atoms with van der Waals surface area (Å²) in [6.45, 7) is 7.18. The monoisotopic (exact) mass is 429 g/mol. The van der Waals surface area contributed by atoms with Crippen molar-refractivity contribution >= 4 is 24.0 Å². The molecule has 5 aromatic rings. The molecule has 32 heavy (non-hydrogen) atoms. The second-order valence-corrected chi connectivity index (χ2v) is 14.5. The van der Waals surface area contributed by atoms with Gasteiger partial charge in [-0.1, -0.05) is 104 Å². The molecule has 0 aliphatic heterocycles. The van der Waals surface area contributed by atoms with Crippen LogP contribution in [0.2, 0.25) is 19.6 Å². The van der Waals surface area contributed by atoms with Crippen molar-refractivity contribution in [3.63, 3.8) is 0 Å². The van der Waals surface area contributed by atoms with Crippen molar-refractivity contribution in [2.24, 2.45) is 0 Å². The minimum absolute atomic E-state index is 1.14. The predicted octanol–water partition coefficient (Wildman–Crippen LogP) is 7.78. The van der Waals surface area contributed by atoms with E-state index in [9.17, 15) is 0 Å². The van der Waals surface area contributed by atoms with E-state index in [1.54, 1.807) is 0 Å². The third kappa shape index (κ3) is 4.14. The van der Waals surface area contributed by atoms with Crippen LogP contribution in [-0.4, -0.2) is 13.1 Å². The summed E-state index contributed by atoms with van der Waals surface area (Å²) in [5.41, 5.74) is 7.34. The van der Waals surface area contributed by atoms with Gasteiger partial charge in [-0.25, -0.2) is 0 Å². The summed E-state index contributed by atoms with van der Waals surface area (Å²) in [5, 5.41) is 4.04. The predicted molar refractivity (Wildman–Crippen MR) is 141 cm³/mol. The molecule has 4 aromatic carbocycles. The lowest BCUT2D eigenvalue weighted by atomic mass is 9.96. The van der Waals surface area contributed by atoms with Gasteiger partial charge >= 0.3 is 0 Å². The fourth-order valence-electron chi connectivity index (χ4n) is 4.16. The Labute approximate surface area is 191 Å². The first kappa shape index (κ1) is 20.4. The lowest BCUT2D eigenvalue weighted by molar-refractivity contribution is 1.33. The van der Waals surface area contributed by atoms with Crippen molar-refractivity contribution in [1.82, 2.24) is 4.98 Å². The molecule has 1 aromatic heterocycles. The number of pyridine rings is 1. The smallest absolute Gasteiger partial charge is 0.0775 e. The maximum absolute atomic E-state index is 4.23. The molecule has 1 nitrogen and oxygen atoms in total. The highest BCUT2D eigenvalue weighted by atomic mass is 28.3. The van der Waals surface area contributed by atoms with Gasteiger partial charge in [-0.05, 0) is 62.4 Å². The molecule has 0 spiro atoms. The van der Waals surface area contributed by atoms with Crippen LogP contribution >= 0.6 is 0 Å². The largest absolute Gasteiger partial charge is 0.264 e. The minimum Gasteiger partial charge on any atom is -0.264 e. The van der Waals surface area contributed by atoms with E-state index < -0.39 is 8.07 Å². The Balaban J connectivity index is 1.47. The number of fused-ring (bicyclic) bond motifs is 1. The average molecular weight is 430 g/mol. The van der Waals surface area contributed by atoms with Gasteiger partial charge in [0.1, 0.15) is 0 Å². The quantitative estimate of drug-likeness (QED) is 0.266. The fraction of sp³-hybridized carbons (Fsp3) is 0.100. The van der Waals surface area contributed by atoms with Crippen LogP contribution in [0, 0.1) is 0 Å². The van der Waals surface area contributed by atoms with Crippen molar-refractivity contribution in [2.75, 3.05) is 0 Å². The zero-order valence-corrected chi connectivity index (χ0v) is 19.8. The van der Waals surface area contributed by atoms with E-state index in [1.807, 2.05) is 18.5 Å². The van der Waals surface area contributed by atoms with Crippen molar-refractivity contribution in [3.8, 4) is 33.4 Å². The number of hydrogen-bond donors (Lipinski definition) is 0. The molecular formula is C30H27NSi. The molecule has 0 atom stereocenters. The molecule has 5 rings (SSSR count). The van der Waals surface area contributed by atoms with Crippen LogP contribution in [0.25, 0.3) is 44.2 Å². The van der Waals surface area contributed by atoms with Gasteiger partial charge in [0.25, 0.3) is 0 Å².